The molecule has 126 valence electrons. The molecule has 0 bridgehead atoms. The number of benzene rings is 1. The van der Waals surface area contributed by atoms with Crippen LogP contribution in [0.1, 0.15) is 11.1 Å². The summed E-state index contributed by atoms with van der Waals surface area (Å²) in [6.07, 6.45) is 0.303. The van der Waals surface area contributed by atoms with Crippen LogP contribution in [0.15, 0.2) is 41.1 Å². The number of hydrogen-bond donors (Lipinski definition) is 1. The van der Waals surface area contributed by atoms with Gasteiger partial charge in [-0.05, 0) is 22.4 Å². The number of piperazine rings is 1. The molecule has 6 nitrogen and oxygen atoms in total. The largest absolute Gasteiger partial charge is 0.331 e. The highest BCUT2D eigenvalue weighted by Gasteiger charge is 2.23. The summed E-state index contributed by atoms with van der Waals surface area (Å²) in [6.45, 7) is 4.48. The van der Waals surface area contributed by atoms with Crippen molar-refractivity contribution in [3.8, 4) is 0 Å². The maximum atomic E-state index is 12.4. The molecular formula is C17H20N3O3S+. The molecule has 1 aliphatic heterocycles. The first-order chi connectivity index (χ1) is 11.6. The van der Waals surface area contributed by atoms with Crippen molar-refractivity contribution in [2.24, 2.45) is 0 Å². The van der Waals surface area contributed by atoms with Gasteiger partial charge in [-0.15, -0.1) is 0 Å². The summed E-state index contributed by atoms with van der Waals surface area (Å²) in [4.78, 5) is 26.0. The average Bonchev–Trinajstić information content (AvgIpc) is 3.09. The van der Waals surface area contributed by atoms with Crippen LogP contribution in [0.5, 0.6) is 0 Å². The Kier molecular flexibility index (Phi) is 5.22. The van der Waals surface area contributed by atoms with E-state index < -0.39 is 4.92 Å². The molecule has 0 radical (unpaired) electrons. The zero-order valence-corrected chi connectivity index (χ0v) is 14.1. The average molecular weight is 346 g/mol. The van der Waals surface area contributed by atoms with Gasteiger partial charge < -0.3 is 9.80 Å². The lowest BCUT2D eigenvalue weighted by Crippen LogP contribution is -3.13. The molecule has 7 heteroatoms. The Bertz CT molecular complexity index is 692. The van der Waals surface area contributed by atoms with Crippen LogP contribution >= 0.6 is 11.3 Å². The Balaban J connectivity index is 1.49. The number of quaternary nitrogens is 1. The predicted octanol–water partition coefficient (Wildman–Crippen LogP) is 1.13. The smallest absolute Gasteiger partial charge is 0.269 e. The molecule has 1 aromatic carbocycles. The number of nitrogens with zero attached hydrogens (tertiary/aromatic N) is 2. The number of carbonyl (C=O) groups is 1. The third-order valence-corrected chi connectivity index (χ3v) is 5.09. The zero-order valence-electron chi connectivity index (χ0n) is 13.3. The van der Waals surface area contributed by atoms with Crippen LogP contribution in [0.3, 0.4) is 0 Å². The van der Waals surface area contributed by atoms with E-state index in [9.17, 15) is 14.9 Å². The van der Waals surface area contributed by atoms with E-state index in [1.165, 1.54) is 22.6 Å². The van der Waals surface area contributed by atoms with E-state index in [2.05, 4.69) is 16.8 Å². The van der Waals surface area contributed by atoms with Crippen molar-refractivity contribution < 1.29 is 14.6 Å². The van der Waals surface area contributed by atoms with Crippen molar-refractivity contribution in [1.82, 2.24) is 4.90 Å². The van der Waals surface area contributed by atoms with Gasteiger partial charge in [0.25, 0.3) is 5.69 Å². The summed E-state index contributed by atoms with van der Waals surface area (Å²) in [5.41, 5.74) is 2.23. The van der Waals surface area contributed by atoms with Crippen LogP contribution < -0.4 is 4.90 Å². The fraction of sp³-hybridized carbons (Fsp3) is 0.353. The molecule has 2 heterocycles. The van der Waals surface area contributed by atoms with Gasteiger partial charge in [0, 0.05) is 17.7 Å². The minimum absolute atomic E-state index is 0.0526. The molecule has 1 amide bonds. The highest BCUT2D eigenvalue weighted by Crippen LogP contribution is 2.13. The van der Waals surface area contributed by atoms with Crippen LogP contribution in [0.25, 0.3) is 0 Å². The SMILES string of the molecule is O=C(Cc1ccc([N+](=O)[O-])cc1)N1CC[NH+](Cc2ccsc2)CC1. The summed E-state index contributed by atoms with van der Waals surface area (Å²) in [7, 11) is 0. The molecule has 24 heavy (non-hydrogen) atoms. The Hall–Kier alpha value is -2.25. The highest BCUT2D eigenvalue weighted by atomic mass is 32.1. The standard InChI is InChI=1S/C17H19N3O3S/c21-17(11-14-1-3-16(4-2-14)20(22)23)19-8-6-18(7-9-19)12-15-5-10-24-13-15/h1-5,10,13H,6-9,11-12H2/p+1. The molecule has 1 aromatic heterocycles. The topological polar surface area (TPSA) is 67.9 Å². The summed E-state index contributed by atoms with van der Waals surface area (Å²) >= 11 is 1.72. The number of thiophene rings is 1. The minimum Gasteiger partial charge on any atom is -0.331 e. The molecule has 1 fully saturated rings. The van der Waals surface area contributed by atoms with E-state index >= 15 is 0 Å². The summed E-state index contributed by atoms with van der Waals surface area (Å²) in [6, 6.07) is 8.38. The molecule has 0 aliphatic carbocycles. The fourth-order valence-corrected chi connectivity index (χ4v) is 3.62. The van der Waals surface area contributed by atoms with Crippen molar-refractivity contribution >= 4 is 22.9 Å². The molecule has 1 N–H and O–H groups in total. The number of amides is 1. The first-order valence-electron chi connectivity index (χ1n) is 7.97. The van der Waals surface area contributed by atoms with Crippen molar-refractivity contribution in [2.75, 3.05) is 26.2 Å². The lowest BCUT2D eigenvalue weighted by molar-refractivity contribution is -0.917. The van der Waals surface area contributed by atoms with Gasteiger partial charge in [0.1, 0.15) is 6.54 Å². The summed E-state index contributed by atoms with van der Waals surface area (Å²) in [5.74, 6) is 0.0958. The van der Waals surface area contributed by atoms with Crippen LogP contribution in [0, 0.1) is 10.1 Å². The van der Waals surface area contributed by atoms with Crippen molar-refractivity contribution in [1.29, 1.82) is 0 Å². The van der Waals surface area contributed by atoms with Gasteiger partial charge in [-0.3, -0.25) is 14.9 Å². The first kappa shape index (κ1) is 16.6. The number of nitro groups is 1. The Morgan fingerprint density at radius 1 is 1.17 bits per heavy atom. The van der Waals surface area contributed by atoms with E-state index in [0.717, 1.165) is 38.3 Å². The second-order valence-electron chi connectivity index (χ2n) is 6.04. The third kappa shape index (κ3) is 4.18. The van der Waals surface area contributed by atoms with Crippen molar-refractivity contribution in [3.05, 3.63) is 62.3 Å². The number of non-ortho nitro benzene ring substituents is 1. The minimum atomic E-state index is -0.429. The molecule has 0 atom stereocenters. The second-order valence-corrected chi connectivity index (χ2v) is 6.82. The molecule has 1 saturated heterocycles. The normalized spacial score (nSPS) is 15.4. The molecule has 2 aromatic rings. The molecular weight excluding hydrogens is 326 g/mol. The molecule has 0 spiro atoms. The number of hydrogen-bond acceptors (Lipinski definition) is 4. The van der Waals surface area contributed by atoms with Crippen LogP contribution in [-0.4, -0.2) is 41.9 Å². The molecule has 0 saturated carbocycles. The monoisotopic (exact) mass is 346 g/mol. The van der Waals surface area contributed by atoms with Gasteiger partial charge in [0.2, 0.25) is 5.91 Å². The van der Waals surface area contributed by atoms with E-state index in [0.29, 0.717) is 6.42 Å². The van der Waals surface area contributed by atoms with E-state index in [4.69, 9.17) is 0 Å². The van der Waals surface area contributed by atoms with Gasteiger partial charge in [-0.1, -0.05) is 12.1 Å². The maximum Gasteiger partial charge on any atom is 0.269 e. The number of nitro benzene ring substituents is 1. The van der Waals surface area contributed by atoms with Crippen molar-refractivity contribution in [3.63, 3.8) is 0 Å². The molecule has 0 unspecified atom stereocenters. The quantitative estimate of drug-likeness (QED) is 0.652. The second kappa shape index (κ2) is 7.55. The van der Waals surface area contributed by atoms with E-state index in [1.54, 1.807) is 23.5 Å². The van der Waals surface area contributed by atoms with Crippen molar-refractivity contribution in [2.45, 2.75) is 13.0 Å². The van der Waals surface area contributed by atoms with Gasteiger partial charge in [-0.25, -0.2) is 0 Å². The van der Waals surface area contributed by atoms with Gasteiger partial charge in [0.15, 0.2) is 0 Å². The lowest BCUT2D eigenvalue weighted by atomic mass is 10.1. The summed E-state index contributed by atoms with van der Waals surface area (Å²) < 4.78 is 0. The Labute approximate surface area is 144 Å². The van der Waals surface area contributed by atoms with Crippen LogP contribution in [0.4, 0.5) is 5.69 Å². The van der Waals surface area contributed by atoms with Crippen LogP contribution in [-0.2, 0) is 17.8 Å². The number of carbonyl (C=O) groups excluding carboxylic acids is 1. The molecule has 3 rings (SSSR count). The van der Waals surface area contributed by atoms with E-state index in [1.807, 2.05) is 4.90 Å². The lowest BCUT2D eigenvalue weighted by Gasteiger charge is -2.32. The third-order valence-electron chi connectivity index (χ3n) is 4.36. The van der Waals surface area contributed by atoms with Gasteiger partial charge in [-0.2, -0.15) is 11.3 Å². The number of nitrogens with one attached hydrogen (secondary N) is 1. The van der Waals surface area contributed by atoms with E-state index in [-0.39, 0.29) is 11.6 Å². The first-order valence-corrected chi connectivity index (χ1v) is 8.92. The van der Waals surface area contributed by atoms with Gasteiger partial charge in [0.05, 0.1) is 37.5 Å². The fourth-order valence-electron chi connectivity index (χ4n) is 2.95. The zero-order chi connectivity index (χ0) is 16.9. The Morgan fingerprint density at radius 2 is 1.88 bits per heavy atom. The Morgan fingerprint density at radius 3 is 2.46 bits per heavy atom. The molecule has 1 aliphatic rings. The predicted molar refractivity (Wildman–Crippen MR) is 92.1 cm³/mol. The summed E-state index contributed by atoms with van der Waals surface area (Å²) in [5, 5.41) is 14.9. The number of rotatable bonds is 5. The van der Waals surface area contributed by atoms with Crippen LogP contribution in [0.2, 0.25) is 0 Å². The van der Waals surface area contributed by atoms with Gasteiger partial charge >= 0.3 is 0 Å². The maximum absolute atomic E-state index is 12.4. The highest BCUT2D eigenvalue weighted by molar-refractivity contribution is 7.07.